The molecule has 0 aliphatic carbocycles. The van der Waals surface area contributed by atoms with E-state index in [1.165, 1.54) is 11.8 Å². The predicted octanol–water partition coefficient (Wildman–Crippen LogP) is 2.53. The van der Waals surface area contributed by atoms with Gasteiger partial charge in [0.15, 0.2) is 5.82 Å². The molecular weight excluding hydrogens is 314 g/mol. The summed E-state index contributed by atoms with van der Waals surface area (Å²) in [5.74, 6) is 1.10. The van der Waals surface area contributed by atoms with Crippen LogP contribution in [0.2, 0.25) is 0 Å². The van der Waals surface area contributed by atoms with Gasteiger partial charge < -0.3 is 15.2 Å². The maximum absolute atomic E-state index is 11.9. The Bertz CT molecular complexity index is 658. The zero-order chi connectivity index (χ0) is 16.7. The van der Waals surface area contributed by atoms with Gasteiger partial charge in [0.1, 0.15) is 5.76 Å². The summed E-state index contributed by atoms with van der Waals surface area (Å²) in [5, 5.41) is 9.19. The summed E-state index contributed by atoms with van der Waals surface area (Å²) in [5.41, 5.74) is 1.05. The lowest BCUT2D eigenvalue weighted by molar-refractivity contribution is -0.119. The van der Waals surface area contributed by atoms with Crippen LogP contribution in [0, 0.1) is 6.92 Å². The summed E-state index contributed by atoms with van der Waals surface area (Å²) in [6.07, 6.45) is 0. The van der Waals surface area contributed by atoms with E-state index in [1.54, 1.807) is 13.0 Å². The van der Waals surface area contributed by atoms with Crippen LogP contribution in [0.4, 0.5) is 5.82 Å². The summed E-state index contributed by atoms with van der Waals surface area (Å²) in [7, 11) is 0. The Hall–Kier alpha value is -2.28. The van der Waals surface area contributed by atoms with Crippen molar-refractivity contribution in [3.05, 3.63) is 47.7 Å². The fourth-order valence-electron chi connectivity index (χ4n) is 1.95. The lowest BCUT2D eigenvalue weighted by atomic mass is 10.1. The molecule has 1 heterocycles. The van der Waals surface area contributed by atoms with Crippen molar-refractivity contribution in [1.82, 2.24) is 10.5 Å². The van der Waals surface area contributed by atoms with Crippen molar-refractivity contribution in [2.45, 2.75) is 19.9 Å². The van der Waals surface area contributed by atoms with Crippen molar-refractivity contribution < 1.29 is 14.1 Å². The third-order valence-corrected chi connectivity index (χ3v) is 3.97. The van der Waals surface area contributed by atoms with Crippen LogP contribution in [0.15, 0.2) is 40.9 Å². The number of amides is 2. The minimum absolute atomic E-state index is 0.0590. The first-order valence-corrected chi connectivity index (χ1v) is 8.35. The number of thioether (sulfide) groups is 1. The Morgan fingerprint density at radius 2 is 1.91 bits per heavy atom. The molecule has 1 aromatic carbocycles. The highest BCUT2D eigenvalue weighted by molar-refractivity contribution is 8.00. The molecule has 0 bridgehead atoms. The Kier molecular flexibility index (Phi) is 6.22. The largest absolute Gasteiger partial charge is 0.360 e. The van der Waals surface area contributed by atoms with Crippen molar-refractivity contribution in [2.24, 2.45) is 0 Å². The summed E-state index contributed by atoms with van der Waals surface area (Å²) >= 11 is 1.25. The van der Waals surface area contributed by atoms with E-state index in [9.17, 15) is 9.59 Å². The molecule has 0 spiro atoms. The number of anilines is 1. The molecule has 0 radical (unpaired) electrons. The summed E-state index contributed by atoms with van der Waals surface area (Å²) in [4.78, 5) is 23.6. The topological polar surface area (TPSA) is 84.2 Å². The fraction of sp³-hybridized carbons (Fsp3) is 0.312. The molecule has 6 nitrogen and oxygen atoms in total. The van der Waals surface area contributed by atoms with Crippen LogP contribution in [-0.2, 0) is 9.59 Å². The lowest BCUT2D eigenvalue weighted by Gasteiger charge is -2.13. The standard InChI is InChI=1S/C16H19N3O3S/c1-11-8-14(19-22-11)18-16(21)10-23-9-15(20)17-12(2)13-6-4-3-5-7-13/h3-8,12H,9-10H2,1-2H3,(H,17,20)(H,18,19,21)/t12-/m1/s1. The van der Waals surface area contributed by atoms with E-state index in [-0.39, 0.29) is 29.4 Å². The number of carbonyl (C=O) groups is 2. The zero-order valence-electron chi connectivity index (χ0n) is 13.0. The number of aryl methyl sites for hydroxylation is 1. The summed E-state index contributed by atoms with van der Waals surface area (Å²) in [6.45, 7) is 3.67. The highest BCUT2D eigenvalue weighted by Gasteiger charge is 2.11. The summed E-state index contributed by atoms with van der Waals surface area (Å²) in [6, 6.07) is 11.3. The van der Waals surface area contributed by atoms with Gasteiger partial charge in [-0.3, -0.25) is 9.59 Å². The van der Waals surface area contributed by atoms with E-state index < -0.39 is 0 Å². The highest BCUT2D eigenvalue weighted by atomic mass is 32.2. The van der Waals surface area contributed by atoms with Gasteiger partial charge in [-0.05, 0) is 19.4 Å². The van der Waals surface area contributed by atoms with Gasteiger partial charge in [0.05, 0.1) is 17.5 Å². The second kappa shape index (κ2) is 8.38. The van der Waals surface area contributed by atoms with Crippen LogP contribution in [0.3, 0.4) is 0 Å². The Morgan fingerprint density at radius 3 is 2.57 bits per heavy atom. The van der Waals surface area contributed by atoms with Crippen molar-refractivity contribution in [1.29, 1.82) is 0 Å². The second-order valence-electron chi connectivity index (χ2n) is 5.06. The molecule has 2 amide bonds. The number of nitrogens with zero attached hydrogens (tertiary/aromatic N) is 1. The predicted molar refractivity (Wildman–Crippen MR) is 90.2 cm³/mol. The smallest absolute Gasteiger partial charge is 0.235 e. The number of hydrogen-bond donors (Lipinski definition) is 2. The molecule has 23 heavy (non-hydrogen) atoms. The zero-order valence-corrected chi connectivity index (χ0v) is 13.9. The monoisotopic (exact) mass is 333 g/mol. The van der Waals surface area contributed by atoms with Crippen LogP contribution in [0.25, 0.3) is 0 Å². The minimum atomic E-state index is -0.216. The SMILES string of the molecule is Cc1cc(NC(=O)CSCC(=O)N[C@H](C)c2ccccc2)no1. The number of rotatable bonds is 7. The van der Waals surface area contributed by atoms with Crippen molar-refractivity contribution in [2.75, 3.05) is 16.8 Å². The lowest BCUT2D eigenvalue weighted by Crippen LogP contribution is -2.28. The number of aromatic nitrogens is 1. The fourth-order valence-corrected chi connectivity index (χ4v) is 2.58. The van der Waals surface area contributed by atoms with Gasteiger partial charge in [0.2, 0.25) is 11.8 Å². The van der Waals surface area contributed by atoms with Gasteiger partial charge in [0.25, 0.3) is 0 Å². The molecule has 0 fully saturated rings. The minimum Gasteiger partial charge on any atom is -0.360 e. The van der Waals surface area contributed by atoms with Crippen molar-refractivity contribution in [3.63, 3.8) is 0 Å². The first kappa shape index (κ1) is 17.1. The normalized spacial score (nSPS) is 11.7. The van der Waals surface area contributed by atoms with Gasteiger partial charge in [0, 0.05) is 6.07 Å². The molecule has 0 aliphatic heterocycles. The highest BCUT2D eigenvalue weighted by Crippen LogP contribution is 2.12. The third kappa shape index (κ3) is 5.78. The van der Waals surface area contributed by atoms with Crippen molar-refractivity contribution in [3.8, 4) is 0 Å². The Balaban J connectivity index is 1.67. The number of hydrogen-bond acceptors (Lipinski definition) is 5. The van der Waals surface area contributed by atoms with E-state index in [0.717, 1.165) is 5.56 Å². The molecule has 0 saturated carbocycles. The summed E-state index contributed by atoms with van der Waals surface area (Å²) < 4.78 is 4.86. The van der Waals surface area contributed by atoms with Crippen LogP contribution < -0.4 is 10.6 Å². The van der Waals surface area contributed by atoms with Gasteiger partial charge >= 0.3 is 0 Å². The number of benzene rings is 1. The first-order chi connectivity index (χ1) is 11.0. The number of nitrogens with one attached hydrogen (secondary N) is 2. The molecule has 0 saturated heterocycles. The Labute approximate surface area is 139 Å². The molecule has 1 atom stereocenters. The van der Waals surface area contributed by atoms with Crippen LogP contribution >= 0.6 is 11.8 Å². The van der Waals surface area contributed by atoms with Gasteiger partial charge in [-0.15, -0.1) is 11.8 Å². The average molecular weight is 333 g/mol. The van der Waals surface area contributed by atoms with Gasteiger partial charge in [-0.1, -0.05) is 35.5 Å². The van der Waals surface area contributed by atoms with Gasteiger partial charge in [-0.25, -0.2) is 0 Å². The van der Waals surface area contributed by atoms with Gasteiger partial charge in [-0.2, -0.15) is 0 Å². The van der Waals surface area contributed by atoms with Crippen LogP contribution in [0.5, 0.6) is 0 Å². The molecule has 1 aromatic heterocycles. The molecule has 2 N–H and O–H groups in total. The molecule has 2 rings (SSSR count). The molecule has 7 heteroatoms. The van der Waals surface area contributed by atoms with Crippen molar-refractivity contribution >= 4 is 29.4 Å². The molecule has 122 valence electrons. The maximum Gasteiger partial charge on any atom is 0.235 e. The Morgan fingerprint density at radius 1 is 1.22 bits per heavy atom. The van der Waals surface area contributed by atoms with E-state index in [4.69, 9.17) is 4.52 Å². The molecule has 0 unspecified atom stereocenters. The average Bonchev–Trinajstić information content (AvgIpc) is 2.93. The second-order valence-corrected chi connectivity index (χ2v) is 6.05. The molecule has 0 aliphatic rings. The quantitative estimate of drug-likeness (QED) is 0.813. The van der Waals surface area contributed by atoms with E-state index in [2.05, 4.69) is 15.8 Å². The molecular formula is C16H19N3O3S. The number of carbonyl (C=O) groups excluding carboxylic acids is 2. The third-order valence-electron chi connectivity index (χ3n) is 3.04. The van der Waals surface area contributed by atoms with E-state index in [0.29, 0.717) is 11.6 Å². The molecule has 2 aromatic rings. The van der Waals surface area contributed by atoms with Crippen LogP contribution in [-0.4, -0.2) is 28.5 Å². The maximum atomic E-state index is 11.9. The van der Waals surface area contributed by atoms with Crippen LogP contribution in [0.1, 0.15) is 24.3 Å². The first-order valence-electron chi connectivity index (χ1n) is 7.20. The van der Waals surface area contributed by atoms with E-state index >= 15 is 0 Å². The van der Waals surface area contributed by atoms with E-state index in [1.807, 2.05) is 37.3 Å².